The maximum atomic E-state index is 12.6. The third-order valence-electron chi connectivity index (χ3n) is 4.33. The predicted molar refractivity (Wildman–Crippen MR) is 94.3 cm³/mol. The molecule has 1 aliphatic carbocycles. The molecule has 0 radical (unpaired) electrons. The Hall–Kier alpha value is -1.56. The van der Waals surface area contributed by atoms with Crippen LogP contribution >= 0.6 is 11.3 Å². The van der Waals surface area contributed by atoms with Crippen molar-refractivity contribution < 1.29 is 20.5 Å². The Morgan fingerprint density at radius 2 is 2.17 bits per heavy atom. The summed E-state index contributed by atoms with van der Waals surface area (Å²) < 4.78 is 12.4. The summed E-state index contributed by atoms with van der Waals surface area (Å²) >= 11 is 1.51. The van der Waals surface area contributed by atoms with Crippen LogP contribution in [-0.2, 0) is 16.0 Å². The summed E-state index contributed by atoms with van der Waals surface area (Å²) in [6, 6.07) is 0. The molecule has 0 bridgehead atoms. The molecule has 0 aliphatic heterocycles. The van der Waals surface area contributed by atoms with Crippen LogP contribution in [0.25, 0.3) is 0 Å². The molecule has 1 fully saturated rings. The zero-order valence-corrected chi connectivity index (χ0v) is 15.1. The van der Waals surface area contributed by atoms with Crippen LogP contribution in [0.15, 0.2) is 5.38 Å². The monoisotopic (exact) mass is 355 g/mol. The average molecular weight is 355 g/mol. The number of carbonyl (C=O) groups excluding carboxylic acids is 2. The van der Waals surface area contributed by atoms with Gasteiger partial charge in [-0.05, 0) is 42.5 Å². The lowest BCUT2D eigenvalue weighted by Crippen LogP contribution is -2.28. The number of hydrogen-bond donors (Lipinski definition) is 1. The van der Waals surface area contributed by atoms with Gasteiger partial charge in [0.25, 0.3) is 0 Å². The zero-order valence-electron chi connectivity index (χ0n) is 15.3. The molecular formula is C18H27NO4S. The Labute approximate surface area is 149 Å². The molecule has 1 saturated carbocycles. The van der Waals surface area contributed by atoms with E-state index in [4.69, 9.17) is 10.9 Å². The van der Waals surface area contributed by atoms with E-state index in [1.165, 1.54) is 30.6 Å². The normalized spacial score (nSPS) is 15.6. The van der Waals surface area contributed by atoms with Gasteiger partial charge in [-0.25, -0.2) is 9.59 Å². The van der Waals surface area contributed by atoms with Crippen molar-refractivity contribution in [3.8, 4) is 0 Å². The van der Waals surface area contributed by atoms with Crippen molar-refractivity contribution in [2.24, 2.45) is 0 Å². The number of nitrogens with one attached hydrogen (secondary N) is 1. The molecule has 5 nitrogen and oxygen atoms in total. The highest BCUT2D eigenvalue weighted by atomic mass is 32.1. The van der Waals surface area contributed by atoms with Crippen LogP contribution in [0, 0.1) is 0 Å². The summed E-state index contributed by atoms with van der Waals surface area (Å²) in [5, 5.41) is 2.02. The summed E-state index contributed by atoms with van der Waals surface area (Å²) in [5.41, 5.74) is 3.63. The van der Waals surface area contributed by atoms with Crippen molar-refractivity contribution in [2.75, 3.05) is 6.61 Å². The summed E-state index contributed by atoms with van der Waals surface area (Å²) in [6.07, 6.45) is 7.18. The van der Waals surface area contributed by atoms with Gasteiger partial charge in [0.05, 0.1) is 12.2 Å². The van der Waals surface area contributed by atoms with Crippen molar-refractivity contribution in [1.29, 1.82) is 0 Å². The van der Waals surface area contributed by atoms with Crippen molar-refractivity contribution >= 4 is 23.4 Å². The highest BCUT2D eigenvalue weighted by Gasteiger charge is 2.26. The first kappa shape index (κ1) is 17.3. The number of aryl methyl sites for hydroxylation is 1. The lowest BCUT2D eigenvalue weighted by molar-refractivity contribution is 0.0204. The van der Waals surface area contributed by atoms with Gasteiger partial charge in [-0.3, -0.25) is 0 Å². The van der Waals surface area contributed by atoms with E-state index in [1.54, 1.807) is 0 Å². The maximum Gasteiger partial charge on any atom is 0.440 e. The molecule has 1 aromatic rings. The Kier molecular flexibility index (Phi) is 6.96. The fourth-order valence-electron chi connectivity index (χ4n) is 3.02. The van der Waals surface area contributed by atoms with E-state index in [0.717, 1.165) is 36.1 Å². The lowest BCUT2D eigenvalue weighted by atomic mass is 9.83. The summed E-state index contributed by atoms with van der Waals surface area (Å²) in [6.45, 7) is 2.52. The number of rotatable bonds is 6. The van der Waals surface area contributed by atoms with Gasteiger partial charge in [-0.2, -0.15) is 0 Å². The SMILES string of the molecule is [3H]CCc1scc(C2CCCCC2)c1C(=O)ONC(=O)OCCCC. The van der Waals surface area contributed by atoms with Crippen LogP contribution < -0.4 is 5.48 Å². The second-order valence-electron chi connectivity index (χ2n) is 6.06. The number of carbonyl (C=O) groups is 2. The van der Waals surface area contributed by atoms with Crippen LogP contribution in [0.1, 0.15) is 86.9 Å². The molecule has 0 spiro atoms. The summed E-state index contributed by atoms with van der Waals surface area (Å²) in [7, 11) is 0. The van der Waals surface area contributed by atoms with E-state index in [-0.39, 0.29) is 6.90 Å². The minimum Gasteiger partial charge on any atom is -0.447 e. The first-order chi connectivity index (χ1) is 12.2. The van der Waals surface area contributed by atoms with E-state index >= 15 is 0 Å². The Morgan fingerprint density at radius 3 is 2.88 bits per heavy atom. The zero-order chi connectivity index (χ0) is 18.1. The molecule has 0 unspecified atom stereocenters. The van der Waals surface area contributed by atoms with Crippen LogP contribution in [-0.4, -0.2) is 18.7 Å². The van der Waals surface area contributed by atoms with Crippen molar-refractivity contribution in [2.45, 2.75) is 71.1 Å². The van der Waals surface area contributed by atoms with Gasteiger partial charge in [0, 0.05) is 6.25 Å². The van der Waals surface area contributed by atoms with E-state index in [1.807, 2.05) is 12.3 Å². The van der Waals surface area contributed by atoms with Gasteiger partial charge in [-0.1, -0.05) is 39.5 Å². The van der Waals surface area contributed by atoms with Gasteiger partial charge in [0.1, 0.15) is 0 Å². The van der Waals surface area contributed by atoms with E-state index in [0.29, 0.717) is 24.5 Å². The Morgan fingerprint density at radius 1 is 1.38 bits per heavy atom. The highest BCUT2D eigenvalue weighted by Crippen LogP contribution is 2.38. The molecule has 1 heterocycles. The summed E-state index contributed by atoms with van der Waals surface area (Å²) in [5.74, 6) is -0.193. The van der Waals surface area contributed by atoms with Crippen LogP contribution in [0.5, 0.6) is 0 Å². The fraction of sp³-hybridized carbons (Fsp3) is 0.667. The fourth-order valence-corrected chi connectivity index (χ4v) is 4.04. The van der Waals surface area contributed by atoms with Crippen LogP contribution in [0.2, 0.25) is 0 Å². The molecule has 1 aliphatic rings. The molecule has 1 amide bonds. The smallest absolute Gasteiger partial charge is 0.440 e. The van der Waals surface area contributed by atoms with E-state index < -0.39 is 12.1 Å². The van der Waals surface area contributed by atoms with Gasteiger partial charge < -0.3 is 9.57 Å². The number of hydroxylamine groups is 1. The first-order valence-corrected chi connectivity index (χ1v) is 9.58. The minimum absolute atomic E-state index is 0.220. The first-order valence-electron chi connectivity index (χ1n) is 9.41. The second-order valence-corrected chi connectivity index (χ2v) is 7.02. The molecule has 134 valence electrons. The molecule has 0 atom stereocenters. The minimum atomic E-state index is -0.752. The van der Waals surface area contributed by atoms with E-state index in [9.17, 15) is 9.59 Å². The third-order valence-corrected chi connectivity index (χ3v) is 5.39. The topological polar surface area (TPSA) is 64.6 Å². The van der Waals surface area contributed by atoms with E-state index in [2.05, 4.69) is 5.48 Å². The average Bonchev–Trinajstić information content (AvgIpc) is 3.05. The van der Waals surface area contributed by atoms with Crippen molar-refractivity contribution in [1.82, 2.24) is 5.48 Å². The lowest BCUT2D eigenvalue weighted by Gasteiger charge is -2.22. The third kappa shape index (κ3) is 4.97. The Bertz CT molecular complexity index is 569. The largest absolute Gasteiger partial charge is 0.447 e. The summed E-state index contributed by atoms with van der Waals surface area (Å²) in [4.78, 5) is 29.9. The number of thiophene rings is 1. The second kappa shape index (κ2) is 9.67. The molecule has 0 aromatic carbocycles. The standard InChI is InChI=1S/C18H27NO4S/c1-3-5-11-22-18(21)19-23-17(20)16-14(12-24-15(16)4-2)13-9-7-6-8-10-13/h12-13H,3-11H2,1-2H3,(H,19,21)/i2T. The maximum absolute atomic E-state index is 12.6. The quantitative estimate of drug-likeness (QED) is 0.579. The number of amides is 1. The van der Waals surface area contributed by atoms with Gasteiger partial charge >= 0.3 is 12.1 Å². The van der Waals surface area contributed by atoms with Crippen molar-refractivity contribution in [3.05, 3.63) is 21.4 Å². The van der Waals surface area contributed by atoms with Crippen LogP contribution in [0.4, 0.5) is 4.79 Å². The number of unbranched alkanes of at least 4 members (excludes halogenated alkanes) is 1. The predicted octanol–water partition coefficient (Wildman–Crippen LogP) is 4.96. The van der Waals surface area contributed by atoms with Crippen LogP contribution in [0.3, 0.4) is 0 Å². The molecule has 6 heteroatoms. The number of ether oxygens (including phenoxy) is 1. The molecule has 2 rings (SSSR count). The number of hydrogen-bond acceptors (Lipinski definition) is 5. The molecule has 1 aromatic heterocycles. The molecule has 24 heavy (non-hydrogen) atoms. The van der Waals surface area contributed by atoms with Gasteiger partial charge in [-0.15, -0.1) is 16.8 Å². The highest BCUT2D eigenvalue weighted by molar-refractivity contribution is 7.10. The van der Waals surface area contributed by atoms with Gasteiger partial charge in [0.2, 0.25) is 0 Å². The van der Waals surface area contributed by atoms with Crippen molar-refractivity contribution in [3.63, 3.8) is 0 Å². The molecular weight excluding hydrogens is 326 g/mol. The van der Waals surface area contributed by atoms with Gasteiger partial charge in [0.15, 0.2) is 0 Å². The molecule has 0 saturated heterocycles. The molecule has 1 N–H and O–H groups in total. The Balaban J connectivity index is 2.03.